The molecule has 1 rings (SSSR count). The maximum absolute atomic E-state index is 9.31. The summed E-state index contributed by atoms with van der Waals surface area (Å²) in [6.45, 7) is 2.87. The number of phenols is 1. The number of halogens is 1. The Labute approximate surface area is 98.3 Å². The number of benzene rings is 1. The second-order valence-electron chi connectivity index (χ2n) is 3.45. The number of phenolic OH excluding ortho intramolecular Hbond substituents is 1. The first-order valence-corrected chi connectivity index (χ1v) is 5.78. The lowest BCUT2D eigenvalue weighted by molar-refractivity contribution is 0.238. The number of hydrogen-bond acceptors (Lipinski definition) is 3. The van der Waals surface area contributed by atoms with Crippen LogP contribution in [0.5, 0.6) is 5.75 Å². The van der Waals surface area contributed by atoms with Crippen LogP contribution in [0.3, 0.4) is 0 Å². The number of aromatic hydroxyl groups is 1. The highest BCUT2D eigenvalue weighted by molar-refractivity contribution is 9.10. The van der Waals surface area contributed by atoms with Crippen molar-refractivity contribution in [2.45, 2.75) is 25.9 Å². The predicted octanol–water partition coefficient (Wildman–Crippen LogP) is 2.02. The van der Waals surface area contributed by atoms with Gasteiger partial charge < -0.3 is 15.5 Å². The fourth-order valence-electron chi connectivity index (χ4n) is 1.26. The SMILES string of the molecule is CCC(CO)NCc1ccc(O)c(Br)c1. The van der Waals surface area contributed by atoms with Crippen molar-refractivity contribution in [2.75, 3.05) is 6.61 Å². The topological polar surface area (TPSA) is 52.5 Å². The van der Waals surface area contributed by atoms with Gasteiger partial charge in [-0.05, 0) is 40.0 Å². The van der Waals surface area contributed by atoms with E-state index < -0.39 is 0 Å². The van der Waals surface area contributed by atoms with Gasteiger partial charge in [-0.2, -0.15) is 0 Å². The van der Waals surface area contributed by atoms with Crippen molar-refractivity contribution in [2.24, 2.45) is 0 Å². The average Bonchev–Trinajstić information content (AvgIpc) is 2.24. The highest BCUT2D eigenvalue weighted by atomic mass is 79.9. The number of rotatable bonds is 5. The zero-order valence-corrected chi connectivity index (χ0v) is 10.3. The van der Waals surface area contributed by atoms with E-state index in [0.29, 0.717) is 11.0 Å². The maximum atomic E-state index is 9.31. The van der Waals surface area contributed by atoms with Crippen molar-refractivity contribution in [3.05, 3.63) is 28.2 Å². The van der Waals surface area contributed by atoms with Crippen molar-refractivity contribution < 1.29 is 10.2 Å². The number of aliphatic hydroxyl groups is 1. The number of aliphatic hydroxyl groups excluding tert-OH is 1. The molecule has 15 heavy (non-hydrogen) atoms. The summed E-state index contributed by atoms with van der Waals surface area (Å²) in [6, 6.07) is 5.52. The molecule has 3 nitrogen and oxygen atoms in total. The molecule has 0 aromatic heterocycles. The smallest absolute Gasteiger partial charge is 0.129 e. The van der Waals surface area contributed by atoms with Crippen molar-refractivity contribution in [3.8, 4) is 5.75 Å². The first kappa shape index (κ1) is 12.5. The van der Waals surface area contributed by atoms with Gasteiger partial charge >= 0.3 is 0 Å². The first-order chi connectivity index (χ1) is 7.17. The minimum atomic E-state index is 0.137. The Morgan fingerprint density at radius 1 is 1.47 bits per heavy atom. The number of nitrogens with one attached hydrogen (secondary N) is 1. The first-order valence-electron chi connectivity index (χ1n) is 4.99. The van der Waals surface area contributed by atoms with Gasteiger partial charge in [0, 0.05) is 12.6 Å². The lowest BCUT2D eigenvalue weighted by Gasteiger charge is -2.14. The monoisotopic (exact) mass is 273 g/mol. The van der Waals surface area contributed by atoms with Crippen molar-refractivity contribution in [1.29, 1.82) is 0 Å². The molecule has 0 aliphatic rings. The fourth-order valence-corrected chi connectivity index (χ4v) is 1.69. The van der Waals surface area contributed by atoms with Crippen LogP contribution in [-0.2, 0) is 6.54 Å². The summed E-state index contributed by atoms with van der Waals surface area (Å²) >= 11 is 3.26. The normalized spacial score (nSPS) is 12.7. The molecule has 0 bridgehead atoms. The molecule has 4 heteroatoms. The molecule has 0 saturated carbocycles. The molecular weight excluding hydrogens is 258 g/mol. The second-order valence-corrected chi connectivity index (χ2v) is 4.31. The van der Waals surface area contributed by atoms with Crippen LogP contribution >= 0.6 is 15.9 Å². The molecular formula is C11H16BrNO2. The van der Waals surface area contributed by atoms with E-state index in [9.17, 15) is 5.11 Å². The van der Waals surface area contributed by atoms with Crippen LogP contribution in [0, 0.1) is 0 Å². The van der Waals surface area contributed by atoms with Crippen molar-refractivity contribution in [3.63, 3.8) is 0 Å². The molecule has 84 valence electrons. The molecule has 0 radical (unpaired) electrons. The molecule has 3 N–H and O–H groups in total. The van der Waals surface area contributed by atoms with Gasteiger partial charge in [0.1, 0.15) is 5.75 Å². The summed E-state index contributed by atoms with van der Waals surface area (Å²) in [6.07, 6.45) is 0.899. The van der Waals surface area contributed by atoms with E-state index in [1.165, 1.54) is 0 Å². The number of hydrogen-bond donors (Lipinski definition) is 3. The Bertz CT molecular complexity index is 313. The maximum Gasteiger partial charge on any atom is 0.129 e. The molecule has 1 atom stereocenters. The van der Waals surface area contributed by atoms with Gasteiger partial charge in [-0.25, -0.2) is 0 Å². The summed E-state index contributed by atoms with van der Waals surface area (Å²) < 4.78 is 0.693. The average molecular weight is 274 g/mol. The summed E-state index contributed by atoms with van der Waals surface area (Å²) in [5.41, 5.74) is 1.08. The van der Waals surface area contributed by atoms with Gasteiger partial charge in [-0.3, -0.25) is 0 Å². The molecule has 0 amide bonds. The third-order valence-corrected chi connectivity index (χ3v) is 2.96. The molecule has 0 saturated heterocycles. The second kappa shape index (κ2) is 6.10. The van der Waals surface area contributed by atoms with Crippen molar-refractivity contribution >= 4 is 15.9 Å². The Hall–Kier alpha value is -0.580. The summed E-state index contributed by atoms with van der Waals surface area (Å²) in [4.78, 5) is 0. The highest BCUT2D eigenvalue weighted by Crippen LogP contribution is 2.24. The van der Waals surface area contributed by atoms with Crippen LogP contribution in [0.4, 0.5) is 0 Å². The van der Waals surface area contributed by atoms with E-state index in [4.69, 9.17) is 5.11 Å². The van der Waals surface area contributed by atoms with E-state index in [-0.39, 0.29) is 18.4 Å². The van der Waals surface area contributed by atoms with Crippen LogP contribution < -0.4 is 5.32 Å². The Balaban J connectivity index is 2.54. The quantitative estimate of drug-likeness (QED) is 0.770. The minimum Gasteiger partial charge on any atom is -0.507 e. The largest absolute Gasteiger partial charge is 0.507 e. The van der Waals surface area contributed by atoms with Gasteiger partial charge in [-0.1, -0.05) is 13.0 Å². The van der Waals surface area contributed by atoms with Gasteiger partial charge in [-0.15, -0.1) is 0 Å². The molecule has 0 fully saturated rings. The van der Waals surface area contributed by atoms with Crippen LogP contribution in [0.15, 0.2) is 22.7 Å². The fraction of sp³-hybridized carbons (Fsp3) is 0.455. The highest BCUT2D eigenvalue weighted by Gasteiger charge is 2.04. The van der Waals surface area contributed by atoms with E-state index in [2.05, 4.69) is 21.2 Å². The van der Waals surface area contributed by atoms with Gasteiger partial charge in [0.15, 0.2) is 0 Å². The zero-order valence-electron chi connectivity index (χ0n) is 8.70. The van der Waals surface area contributed by atoms with Gasteiger partial charge in [0.25, 0.3) is 0 Å². The summed E-state index contributed by atoms with van der Waals surface area (Å²) in [7, 11) is 0. The van der Waals surface area contributed by atoms with E-state index in [1.807, 2.05) is 19.1 Å². The van der Waals surface area contributed by atoms with Crippen molar-refractivity contribution in [1.82, 2.24) is 5.32 Å². The van der Waals surface area contributed by atoms with Gasteiger partial charge in [0.2, 0.25) is 0 Å². The van der Waals surface area contributed by atoms with E-state index >= 15 is 0 Å². The predicted molar refractivity (Wildman–Crippen MR) is 63.8 cm³/mol. The molecule has 1 unspecified atom stereocenters. The molecule has 0 spiro atoms. The third-order valence-electron chi connectivity index (χ3n) is 2.32. The Morgan fingerprint density at radius 2 is 2.20 bits per heavy atom. The van der Waals surface area contributed by atoms with Crippen LogP contribution in [0.1, 0.15) is 18.9 Å². The van der Waals surface area contributed by atoms with Crippen LogP contribution in [-0.4, -0.2) is 22.9 Å². The van der Waals surface area contributed by atoms with Crippen LogP contribution in [0.25, 0.3) is 0 Å². The standard InChI is InChI=1S/C11H16BrNO2/c1-2-9(7-14)13-6-8-3-4-11(15)10(12)5-8/h3-5,9,13-15H,2,6-7H2,1H3. The van der Waals surface area contributed by atoms with E-state index in [0.717, 1.165) is 12.0 Å². The van der Waals surface area contributed by atoms with E-state index in [1.54, 1.807) is 6.07 Å². The lowest BCUT2D eigenvalue weighted by atomic mass is 10.2. The Morgan fingerprint density at radius 3 is 2.73 bits per heavy atom. The Kier molecular flexibility index (Phi) is 5.08. The van der Waals surface area contributed by atoms with Gasteiger partial charge in [0.05, 0.1) is 11.1 Å². The minimum absolute atomic E-state index is 0.137. The lowest BCUT2D eigenvalue weighted by Crippen LogP contribution is -2.31. The third kappa shape index (κ3) is 3.81. The molecule has 1 aromatic carbocycles. The summed E-state index contributed by atoms with van der Waals surface area (Å²) in [5.74, 6) is 0.243. The van der Waals surface area contributed by atoms with Crippen LogP contribution in [0.2, 0.25) is 0 Å². The molecule has 0 aliphatic heterocycles. The molecule has 1 aromatic rings. The summed E-state index contributed by atoms with van der Waals surface area (Å²) in [5, 5.41) is 21.5. The molecule has 0 aliphatic carbocycles. The molecule has 0 heterocycles. The zero-order chi connectivity index (χ0) is 11.3.